The van der Waals surface area contributed by atoms with Gasteiger partial charge in [-0.15, -0.1) is 11.8 Å². The Bertz CT molecular complexity index is 664. The van der Waals surface area contributed by atoms with Crippen LogP contribution in [-0.4, -0.2) is 21.3 Å². The first-order valence-corrected chi connectivity index (χ1v) is 6.39. The third-order valence-electron chi connectivity index (χ3n) is 2.90. The zero-order chi connectivity index (χ0) is 11.9. The number of thioether (sulfide) groups is 1. The summed E-state index contributed by atoms with van der Waals surface area (Å²) in [6, 6.07) is 7.35. The molecule has 3 rings (SSSR count). The number of hydrogen-bond donors (Lipinski definition) is 1. The van der Waals surface area contributed by atoms with Crippen LogP contribution in [0.5, 0.6) is 0 Å². The number of para-hydroxylation sites is 1. The average molecular weight is 245 g/mol. The summed E-state index contributed by atoms with van der Waals surface area (Å²) in [6.07, 6.45) is 0. The minimum absolute atomic E-state index is 0.0982. The van der Waals surface area contributed by atoms with E-state index in [0.29, 0.717) is 11.2 Å². The van der Waals surface area contributed by atoms with Gasteiger partial charge in [-0.3, -0.25) is 9.79 Å². The number of rotatable bonds is 1. The number of H-pyrrole nitrogens is 1. The lowest BCUT2D eigenvalue weighted by Gasteiger charge is -2.18. The molecule has 1 N–H and O–H groups in total. The van der Waals surface area contributed by atoms with E-state index in [1.54, 1.807) is 17.8 Å². The van der Waals surface area contributed by atoms with Gasteiger partial charge in [-0.1, -0.05) is 12.1 Å². The molecule has 2 heterocycles. The predicted molar refractivity (Wildman–Crippen MR) is 70.7 cm³/mol. The summed E-state index contributed by atoms with van der Waals surface area (Å²) in [7, 11) is 0. The molecule has 1 aromatic carbocycles. The third-order valence-corrected chi connectivity index (χ3v) is 3.88. The Balaban J connectivity index is 2.26. The molecule has 1 aliphatic heterocycles. The van der Waals surface area contributed by atoms with Crippen LogP contribution in [0.3, 0.4) is 0 Å². The van der Waals surface area contributed by atoms with E-state index in [1.807, 2.05) is 30.7 Å². The molecule has 1 aromatic heterocycles. The fourth-order valence-corrected chi connectivity index (χ4v) is 2.78. The van der Waals surface area contributed by atoms with Crippen LogP contribution < -0.4 is 5.56 Å². The minimum Gasteiger partial charge on any atom is -0.308 e. The molecule has 1 atom stereocenters. The normalized spacial score (nSPS) is 23.4. The highest BCUT2D eigenvalue weighted by Gasteiger charge is 2.31. The fourth-order valence-electron chi connectivity index (χ4n) is 1.86. The second-order valence-electron chi connectivity index (χ2n) is 4.25. The first-order chi connectivity index (χ1) is 8.19. The number of benzene rings is 1. The first-order valence-electron chi connectivity index (χ1n) is 5.34. The Morgan fingerprint density at radius 3 is 3.00 bits per heavy atom. The third kappa shape index (κ3) is 1.67. The van der Waals surface area contributed by atoms with Crippen LogP contribution in [0.4, 0.5) is 0 Å². The highest BCUT2D eigenvalue weighted by molar-refractivity contribution is 8.12. The highest BCUT2D eigenvalue weighted by Crippen LogP contribution is 2.31. The Labute approximate surface area is 102 Å². The van der Waals surface area contributed by atoms with E-state index in [0.717, 1.165) is 11.3 Å². The topological polar surface area (TPSA) is 58.1 Å². The summed E-state index contributed by atoms with van der Waals surface area (Å²) in [5.41, 5.74) is 2.03. The van der Waals surface area contributed by atoms with Crippen LogP contribution >= 0.6 is 11.8 Å². The van der Waals surface area contributed by atoms with Gasteiger partial charge in [0.05, 0.1) is 16.4 Å². The molecular weight excluding hydrogens is 234 g/mol. The summed E-state index contributed by atoms with van der Waals surface area (Å²) in [4.78, 5) is 23.7. The smallest absolute Gasteiger partial charge is 0.258 e. The number of nitrogens with one attached hydrogen (secondary N) is 1. The van der Waals surface area contributed by atoms with Crippen molar-refractivity contribution in [3.63, 3.8) is 0 Å². The van der Waals surface area contributed by atoms with Crippen LogP contribution in [0.2, 0.25) is 0 Å². The van der Waals surface area contributed by atoms with E-state index in [9.17, 15) is 4.79 Å². The van der Waals surface area contributed by atoms with Gasteiger partial charge < -0.3 is 4.98 Å². The molecule has 17 heavy (non-hydrogen) atoms. The lowest BCUT2D eigenvalue weighted by Crippen LogP contribution is -2.26. The van der Waals surface area contributed by atoms with Crippen molar-refractivity contribution in [3.8, 4) is 0 Å². The van der Waals surface area contributed by atoms with Gasteiger partial charge in [-0.25, -0.2) is 4.98 Å². The van der Waals surface area contributed by atoms with Crippen LogP contribution in [0.1, 0.15) is 12.7 Å². The van der Waals surface area contributed by atoms with Crippen molar-refractivity contribution in [3.05, 3.63) is 40.4 Å². The van der Waals surface area contributed by atoms with E-state index in [2.05, 4.69) is 15.0 Å². The molecule has 0 amide bonds. The molecule has 0 spiro atoms. The number of aliphatic imine (C=N–C) groups is 1. The fraction of sp³-hybridized carbons (Fsp3) is 0.250. The van der Waals surface area contributed by atoms with E-state index >= 15 is 0 Å². The largest absolute Gasteiger partial charge is 0.308 e. The monoisotopic (exact) mass is 245 g/mol. The minimum atomic E-state index is -0.409. The van der Waals surface area contributed by atoms with Gasteiger partial charge in [0.15, 0.2) is 0 Å². The molecule has 0 fully saturated rings. The molecule has 0 bridgehead atoms. The maximum atomic E-state index is 11.9. The van der Waals surface area contributed by atoms with Crippen molar-refractivity contribution in [2.75, 3.05) is 5.75 Å². The van der Waals surface area contributed by atoms with Crippen molar-refractivity contribution >= 4 is 28.2 Å². The molecule has 0 saturated carbocycles. The number of hydrogen-bond acceptors (Lipinski definition) is 4. The molecule has 5 heteroatoms. The molecule has 0 saturated heterocycles. The summed E-state index contributed by atoms with van der Waals surface area (Å²) in [6.45, 7) is 1.98. The number of nitrogens with zero attached hydrogens (tertiary/aromatic N) is 2. The molecule has 4 nitrogen and oxygen atoms in total. The van der Waals surface area contributed by atoms with Gasteiger partial charge in [0, 0.05) is 5.75 Å². The van der Waals surface area contributed by atoms with Crippen LogP contribution in [0, 0.1) is 0 Å². The van der Waals surface area contributed by atoms with Gasteiger partial charge in [0.25, 0.3) is 5.56 Å². The second kappa shape index (κ2) is 3.70. The maximum absolute atomic E-state index is 11.9. The standard InChI is InChI=1S/C12H11N3OS/c1-12(6-17-7-13-12)11-14-9-5-3-2-4-8(9)10(16)15-11/h2-5,7H,6H2,1H3,(H,14,15,16). The molecule has 0 radical (unpaired) electrons. The van der Waals surface area contributed by atoms with E-state index in [-0.39, 0.29) is 5.56 Å². The van der Waals surface area contributed by atoms with Crippen molar-refractivity contribution in [1.82, 2.24) is 9.97 Å². The summed E-state index contributed by atoms with van der Waals surface area (Å²) < 4.78 is 0. The SMILES string of the molecule is CC1(c2nc3ccccc3c(=O)[nH]2)CSC=N1. The first kappa shape index (κ1) is 10.5. The molecule has 1 aliphatic rings. The molecule has 0 aliphatic carbocycles. The van der Waals surface area contributed by atoms with Gasteiger partial charge >= 0.3 is 0 Å². The molecule has 86 valence electrons. The molecule has 2 aromatic rings. The Morgan fingerprint density at radius 2 is 2.24 bits per heavy atom. The summed E-state index contributed by atoms with van der Waals surface area (Å²) in [5.74, 6) is 1.45. The number of aromatic nitrogens is 2. The second-order valence-corrected chi connectivity index (χ2v) is 5.08. The summed E-state index contributed by atoms with van der Waals surface area (Å²) >= 11 is 1.63. The van der Waals surface area contributed by atoms with E-state index in [4.69, 9.17) is 0 Å². The highest BCUT2D eigenvalue weighted by atomic mass is 32.2. The van der Waals surface area contributed by atoms with Gasteiger partial charge in [0.1, 0.15) is 11.4 Å². The van der Waals surface area contributed by atoms with Gasteiger partial charge in [-0.2, -0.15) is 0 Å². The molecular formula is C12H11N3OS. The van der Waals surface area contributed by atoms with Crippen molar-refractivity contribution < 1.29 is 0 Å². The number of aromatic amines is 1. The Morgan fingerprint density at radius 1 is 1.41 bits per heavy atom. The predicted octanol–water partition coefficient (Wildman–Crippen LogP) is 1.91. The zero-order valence-electron chi connectivity index (χ0n) is 9.30. The van der Waals surface area contributed by atoms with Crippen molar-refractivity contribution in [2.24, 2.45) is 4.99 Å². The Kier molecular flexibility index (Phi) is 2.29. The van der Waals surface area contributed by atoms with Gasteiger partial charge in [-0.05, 0) is 19.1 Å². The number of fused-ring (bicyclic) bond motifs is 1. The van der Waals surface area contributed by atoms with E-state index in [1.165, 1.54) is 0 Å². The van der Waals surface area contributed by atoms with E-state index < -0.39 is 5.54 Å². The van der Waals surface area contributed by atoms with Crippen LogP contribution in [-0.2, 0) is 5.54 Å². The maximum Gasteiger partial charge on any atom is 0.258 e. The van der Waals surface area contributed by atoms with Crippen LogP contribution in [0.25, 0.3) is 10.9 Å². The average Bonchev–Trinajstić information content (AvgIpc) is 2.78. The quantitative estimate of drug-likeness (QED) is 0.835. The lowest BCUT2D eigenvalue weighted by atomic mass is 10.1. The van der Waals surface area contributed by atoms with Crippen LogP contribution in [0.15, 0.2) is 34.1 Å². The summed E-state index contributed by atoms with van der Waals surface area (Å²) in [5, 5.41) is 0.620. The zero-order valence-corrected chi connectivity index (χ0v) is 10.1. The Hall–Kier alpha value is -1.62. The molecule has 1 unspecified atom stereocenters. The van der Waals surface area contributed by atoms with Gasteiger partial charge in [0.2, 0.25) is 0 Å². The van der Waals surface area contributed by atoms with Crippen molar-refractivity contribution in [2.45, 2.75) is 12.5 Å². The van der Waals surface area contributed by atoms with Crippen molar-refractivity contribution in [1.29, 1.82) is 0 Å². The lowest BCUT2D eigenvalue weighted by molar-refractivity contribution is 0.538.